The lowest BCUT2D eigenvalue weighted by Gasteiger charge is -2.24. The van der Waals surface area contributed by atoms with Crippen molar-refractivity contribution in [3.8, 4) is 11.3 Å². The van der Waals surface area contributed by atoms with Gasteiger partial charge in [0.2, 0.25) is 0 Å². The normalized spacial score (nSPS) is 15.6. The summed E-state index contributed by atoms with van der Waals surface area (Å²) in [6, 6.07) is 20.4. The van der Waals surface area contributed by atoms with Crippen molar-refractivity contribution >= 4 is 39.3 Å². The number of rotatable bonds is 5. The maximum atomic E-state index is 13.6. The number of hydrogen-bond acceptors (Lipinski definition) is 6. The van der Waals surface area contributed by atoms with E-state index in [2.05, 4.69) is 20.9 Å². The van der Waals surface area contributed by atoms with Crippen LogP contribution in [0.3, 0.4) is 0 Å². The molecule has 0 spiro atoms. The van der Waals surface area contributed by atoms with Crippen LogP contribution in [-0.2, 0) is 9.53 Å². The predicted octanol–water partition coefficient (Wildman–Crippen LogP) is 4.82. The van der Waals surface area contributed by atoms with Gasteiger partial charge < -0.3 is 9.15 Å². The third-order valence-electron chi connectivity index (χ3n) is 5.66. The zero-order valence-corrected chi connectivity index (χ0v) is 21.4. The van der Waals surface area contributed by atoms with Gasteiger partial charge in [-0.25, -0.2) is 9.79 Å². The topological polar surface area (TPSA) is 73.8 Å². The summed E-state index contributed by atoms with van der Waals surface area (Å²) in [5.74, 6) is 0.798. The van der Waals surface area contributed by atoms with E-state index in [1.54, 1.807) is 24.5 Å². The molecule has 2 aromatic heterocycles. The third-order valence-corrected chi connectivity index (χ3v) is 7.17. The lowest BCUT2D eigenvalue weighted by Crippen LogP contribution is -2.39. The summed E-state index contributed by atoms with van der Waals surface area (Å²) in [5.41, 5.74) is 2.42. The molecule has 0 saturated heterocycles. The van der Waals surface area contributed by atoms with Crippen LogP contribution in [0.1, 0.15) is 31.2 Å². The molecule has 4 aromatic rings. The molecule has 2 aromatic carbocycles. The number of halogens is 1. The number of thiazole rings is 1. The highest BCUT2D eigenvalue weighted by molar-refractivity contribution is 9.10. The van der Waals surface area contributed by atoms with Crippen molar-refractivity contribution in [2.75, 3.05) is 6.61 Å². The minimum atomic E-state index is -0.622. The van der Waals surface area contributed by atoms with Crippen LogP contribution in [0.5, 0.6) is 0 Å². The molecular formula is C27H21BrN2O4S. The van der Waals surface area contributed by atoms with E-state index in [1.807, 2.05) is 66.7 Å². The molecule has 1 aliphatic rings. The minimum Gasteiger partial charge on any atom is -0.463 e. The summed E-state index contributed by atoms with van der Waals surface area (Å²) >= 11 is 4.71. The second kappa shape index (κ2) is 9.64. The summed E-state index contributed by atoms with van der Waals surface area (Å²) in [4.78, 5) is 31.6. The Labute approximate surface area is 213 Å². The minimum absolute atomic E-state index is 0.237. The summed E-state index contributed by atoms with van der Waals surface area (Å²) in [7, 11) is 0. The molecule has 0 N–H and O–H groups in total. The second-order valence-electron chi connectivity index (χ2n) is 7.92. The molecule has 6 nitrogen and oxygen atoms in total. The zero-order valence-electron chi connectivity index (χ0n) is 19.0. The Balaban J connectivity index is 1.62. The number of benzene rings is 2. The Hall–Kier alpha value is -3.49. The lowest BCUT2D eigenvalue weighted by molar-refractivity contribution is -0.139. The molecule has 0 aliphatic carbocycles. The molecule has 0 saturated carbocycles. The summed E-state index contributed by atoms with van der Waals surface area (Å²) in [6.45, 7) is 3.77. The van der Waals surface area contributed by atoms with Gasteiger partial charge in [-0.3, -0.25) is 9.36 Å². The number of nitrogens with zero attached hydrogens (tertiary/aromatic N) is 2. The molecular weight excluding hydrogens is 528 g/mol. The lowest BCUT2D eigenvalue weighted by atomic mass is 9.96. The van der Waals surface area contributed by atoms with Crippen molar-refractivity contribution in [3.05, 3.63) is 113 Å². The first-order chi connectivity index (χ1) is 17.0. The number of esters is 1. The highest BCUT2D eigenvalue weighted by Crippen LogP contribution is 2.30. The van der Waals surface area contributed by atoms with E-state index < -0.39 is 12.0 Å². The number of allylic oxidation sites excluding steroid dienone is 1. The molecule has 0 unspecified atom stereocenters. The Morgan fingerprint density at radius 3 is 2.60 bits per heavy atom. The van der Waals surface area contributed by atoms with Crippen molar-refractivity contribution in [2.45, 2.75) is 19.9 Å². The SMILES string of the molecule is CCOC(=O)C1=C(C)N=c2s/c(=C/c3ccc(-c4ccc(Br)cc4)o3)c(=O)n2[C@H]1c1ccccc1. The van der Waals surface area contributed by atoms with Gasteiger partial charge in [0.1, 0.15) is 11.5 Å². The van der Waals surface area contributed by atoms with Gasteiger partial charge in [0.05, 0.1) is 28.5 Å². The number of hydrogen-bond donors (Lipinski definition) is 0. The first-order valence-electron chi connectivity index (χ1n) is 11.1. The molecule has 5 rings (SSSR count). The van der Waals surface area contributed by atoms with Gasteiger partial charge in [0.25, 0.3) is 5.56 Å². The van der Waals surface area contributed by atoms with Crippen molar-refractivity contribution in [2.24, 2.45) is 4.99 Å². The van der Waals surface area contributed by atoms with Crippen molar-refractivity contribution in [3.63, 3.8) is 0 Å². The fourth-order valence-corrected chi connectivity index (χ4v) is 5.36. The smallest absolute Gasteiger partial charge is 0.338 e. The van der Waals surface area contributed by atoms with E-state index in [0.717, 1.165) is 15.6 Å². The maximum absolute atomic E-state index is 13.6. The first-order valence-corrected chi connectivity index (χ1v) is 12.7. The molecule has 176 valence electrons. The Morgan fingerprint density at radius 1 is 1.14 bits per heavy atom. The van der Waals surface area contributed by atoms with Crippen LogP contribution in [0.25, 0.3) is 17.4 Å². The fraction of sp³-hybridized carbons (Fsp3) is 0.148. The second-order valence-corrected chi connectivity index (χ2v) is 9.85. The Kier molecular flexibility index (Phi) is 6.40. The largest absolute Gasteiger partial charge is 0.463 e. The molecule has 3 heterocycles. The van der Waals surface area contributed by atoms with Crippen LogP contribution >= 0.6 is 27.3 Å². The summed E-state index contributed by atoms with van der Waals surface area (Å²) < 4.78 is 14.3. The molecule has 0 amide bonds. The van der Waals surface area contributed by atoms with Crippen molar-refractivity contribution in [1.29, 1.82) is 0 Å². The van der Waals surface area contributed by atoms with Gasteiger partial charge in [-0.15, -0.1) is 0 Å². The van der Waals surface area contributed by atoms with Gasteiger partial charge in [0, 0.05) is 16.1 Å². The van der Waals surface area contributed by atoms with E-state index in [1.165, 1.54) is 11.3 Å². The molecule has 0 radical (unpaired) electrons. The van der Waals surface area contributed by atoms with E-state index in [9.17, 15) is 9.59 Å². The Morgan fingerprint density at radius 2 is 1.89 bits per heavy atom. The molecule has 1 atom stereocenters. The first kappa shape index (κ1) is 23.3. The van der Waals surface area contributed by atoms with E-state index >= 15 is 0 Å². The number of carbonyl (C=O) groups is 1. The van der Waals surface area contributed by atoms with Crippen LogP contribution in [0.15, 0.2) is 96.7 Å². The number of fused-ring (bicyclic) bond motifs is 1. The van der Waals surface area contributed by atoms with Gasteiger partial charge >= 0.3 is 5.97 Å². The predicted molar refractivity (Wildman–Crippen MR) is 139 cm³/mol. The fourth-order valence-electron chi connectivity index (χ4n) is 4.07. The van der Waals surface area contributed by atoms with Gasteiger partial charge in [-0.1, -0.05) is 69.7 Å². The van der Waals surface area contributed by atoms with Crippen LogP contribution in [0.2, 0.25) is 0 Å². The van der Waals surface area contributed by atoms with E-state index in [0.29, 0.717) is 32.1 Å². The average molecular weight is 549 g/mol. The number of aromatic nitrogens is 1. The standard InChI is InChI=1S/C27H21BrN2O4S/c1-3-33-26(32)23-16(2)29-27-30(24(23)18-7-5-4-6-8-18)25(31)22(35-27)15-20-13-14-21(34-20)17-9-11-19(28)12-10-17/h4-15,24H,3H2,1-2H3/b22-15+/t24-/m0/s1. The quantitative estimate of drug-likeness (QED) is 0.335. The van der Waals surface area contributed by atoms with Crippen LogP contribution in [-0.4, -0.2) is 17.1 Å². The Bertz CT molecular complexity index is 1610. The molecule has 8 heteroatoms. The highest BCUT2D eigenvalue weighted by atomic mass is 79.9. The molecule has 1 aliphatic heterocycles. The van der Waals surface area contributed by atoms with Crippen molar-refractivity contribution in [1.82, 2.24) is 4.57 Å². The van der Waals surface area contributed by atoms with Gasteiger partial charge in [-0.2, -0.15) is 0 Å². The zero-order chi connectivity index (χ0) is 24.5. The van der Waals surface area contributed by atoms with Crippen molar-refractivity contribution < 1.29 is 13.9 Å². The highest BCUT2D eigenvalue weighted by Gasteiger charge is 2.33. The van der Waals surface area contributed by atoms with E-state index in [4.69, 9.17) is 9.15 Å². The summed E-state index contributed by atoms with van der Waals surface area (Å²) in [6.07, 6.45) is 1.72. The van der Waals surface area contributed by atoms with Crippen LogP contribution in [0.4, 0.5) is 0 Å². The number of ether oxygens (including phenoxy) is 1. The summed E-state index contributed by atoms with van der Waals surface area (Å²) in [5, 5.41) is 0. The van der Waals surface area contributed by atoms with Crippen LogP contribution in [0, 0.1) is 0 Å². The maximum Gasteiger partial charge on any atom is 0.338 e. The molecule has 35 heavy (non-hydrogen) atoms. The van der Waals surface area contributed by atoms with E-state index in [-0.39, 0.29) is 12.2 Å². The number of furan rings is 1. The molecule has 0 fully saturated rings. The van der Waals surface area contributed by atoms with Gasteiger partial charge in [-0.05, 0) is 43.7 Å². The number of carbonyl (C=O) groups excluding carboxylic acids is 1. The monoisotopic (exact) mass is 548 g/mol. The van der Waals surface area contributed by atoms with Gasteiger partial charge in [0.15, 0.2) is 4.80 Å². The van der Waals surface area contributed by atoms with Crippen LogP contribution < -0.4 is 14.9 Å². The average Bonchev–Trinajstić information content (AvgIpc) is 3.44. The third kappa shape index (κ3) is 4.47. The molecule has 0 bridgehead atoms.